The molecule has 0 spiro atoms. The minimum absolute atomic E-state index is 0.415. The van der Waals surface area contributed by atoms with E-state index in [2.05, 4.69) is 5.32 Å². The summed E-state index contributed by atoms with van der Waals surface area (Å²) in [5.74, 6) is -1.24. The van der Waals surface area contributed by atoms with Crippen LogP contribution in [0.4, 0.5) is 8.78 Å². The number of rotatable bonds is 5. The van der Waals surface area contributed by atoms with Crippen LogP contribution in [0.15, 0.2) is 36.4 Å². The van der Waals surface area contributed by atoms with Crippen molar-refractivity contribution < 1.29 is 8.78 Å². The van der Waals surface area contributed by atoms with Gasteiger partial charge in [-0.05, 0) is 54.4 Å². The predicted molar refractivity (Wildman–Crippen MR) is 83.0 cm³/mol. The number of hydrogen-bond donors (Lipinski definition) is 1. The predicted octanol–water partition coefficient (Wildman–Crippen LogP) is 5.36. The number of halogens is 4. The molecule has 112 valence electrons. The summed E-state index contributed by atoms with van der Waals surface area (Å²) in [7, 11) is 0. The monoisotopic (exact) mass is 329 g/mol. The van der Waals surface area contributed by atoms with E-state index in [-0.39, 0.29) is 0 Å². The molecule has 0 aromatic heterocycles. The molecule has 1 N–H and O–H groups in total. The summed E-state index contributed by atoms with van der Waals surface area (Å²) in [4.78, 5) is 0. The Balaban J connectivity index is 2.49. The Hall–Kier alpha value is -1.16. The van der Waals surface area contributed by atoms with Crippen molar-refractivity contribution in [1.82, 2.24) is 5.32 Å². The molecule has 0 heterocycles. The van der Waals surface area contributed by atoms with Crippen molar-refractivity contribution in [2.24, 2.45) is 0 Å². The zero-order valence-corrected chi connectivity index (χ0v) is 13.0. The van der Waals surface area contributed by atoms with Crippen LogP contribution in [0.25, 0.3) is 0 Å². The van der Waals surface area contributed by atoms with Gasteiger partial charge in [0.15, 0.2) is 0 Å². The highest BCUT2D eigenvalue weighted by atomic mass is 35.5. The lowest BCUT2D eigenvalue weighted by atomic mass is 9.98. The highest BCUT2D eigenvalue weighted by molar-refractivity contribution is 6.33. The van der Waals surface area contributed by atoms with Gasteiger partial charge in [0.2, 0.25) is 0 Å². The van der Waals surface area contributed by atoms with E-state index in [4.69, 9.17) is 23.2 Å². The third-order valence-electron chi connectivity index (χ3n) is 3.09. The first-order valence-corrected chi connectivity index (χ1v) is 7.41. The second kappa shape index (κ2) is 7.21. The Bertz CT molecular complexity index is 611. The van der Waals surface area contributed by atoms with Crippen LogP contribution in [0.2, 0.25) is 10.0 Å². The van der Waals surface area contributed by atoms with Gasteiger partial charge in [0.05, 0.1) is 6.04 Å². The van der Waals surface area contributed by atoms with Crippen LogP contribution >= 0.6 is 23.2 Å². The molecule has 2 aromatic rings. The summed E-state index contributed by atoms with van der Waals surface area (Å²) in [6.07, 6.45) is 0.881. The fourth-order valence-electron chi connectivity index (χ4n) is 2.17. The molecule has 0 aliphatic rings. The Morgan fingerprint density at radius 2 is 1.71 bits per heavy atom. The molecule has 5 heteroatoms. The van der Waals surface area contributed by atoms with Crippen molar-refractivity contribution in [1.29, 1.82) is 0 Å². The molecular formula is C16H15Cl2F2N. The van der Waals surface area contributed by atoms with Crippen molar-refractivity contribution in [3.63, 3.8) is 0 Å². The van der Waals surface area contributed by atoms with Crippen molar-refractivity contribution >= 4 is 23.2 Å². The van der Waals surface area contributed by atoms with Crippen molar-refractivity contribution in [2.45, 2.75) is 19.4 Å². The van der Waals surface area contributed by atoms with Crippen molar-refractivity contribution in [3.05, 3.63) is 69.2 Å². The fourth-order valence-corrected chi connectivity index (χ4v) is 2.58. The Morgan fingerprint density at radius 1 is 1.05 bits per heavy atom. The standard InChI is InChI=1S/C16H15Cl2F2N/c1-2-5-21-16(10-6-12(19)9-13(20)7-10)14-8-11(17)3-4-15(14)18/h3-4,6-9,16,21H,2,5H2,1H3. The van der Waals surface area contributed by atoms with E-state index >= 15 is 0 Å². The van der Waals surface area contributed by atoms with Crippen LogP contribution in [0.3, 0.4) is 0 Å². The van der Waals surface area contributed by atoms with Crippen LogP contribution < -0.4 is 5.32 Å². The van der Waals surface area contributed by atoms with E-state index in [9.17, 15) is 8.78 Å². The number of nitrogens with one attached hydrogen (secondary N) is 1. The van der Waals surface area contributed by atoms with Gasteiger partial charge < -0.3 is 5.32 Å². The SMILES string of the molecule is CCCNC(c1cc(F)cc(F)c1)c1cc(Cl)ccc1Cl. The molecule has 0 saturated heterocycles. The highest BCUT2D eigenvalue weighted by Crippen LogP contribution is 2.31. The molecule has 0 bridgehead atoms. The molecule has 0 aliphatic carbocycles. The average molecular weight is 330 g/mol. The summed E-state index contributed by atoms with van der Waals surface area (Å²) in [6, 6.07) is 8.09. The van der Waals surface area contributed by atoms with Crippen LogP contribution in [-0.2, 0) is 0 Å². The zero-order valence-electron chi connectivity index (χ0n) is 11.5. The van der Waals surface area contributed by atoms with Gasteiger partial charge in [-0.1, -0.05) is 30.1 Å². The molecule has 2 rings (SSSR count). The average Bonchev–Trinajstić information content (AvgIpc) is 2.42. The molecule has 1 unspecified atom stereocenters. The fraction of sp³-hybridized carbons (Fsp3) is 0.250. The first kappa shape index (κ1) is 16.2. The van der Waals surface area contributed by atoms with Crippen LogP contribution in [0.5, 0.6) is 0 Å². The molecule has 21 heavy (non-hydrogen) atoms. The van der Waals surface area contributed by atoms with E-state index < -0.39 is 17.7 Å². The molecule has 0 aliphatic heterocycles. The normalized spacial score (nSPS) is 12.4. The third kappa shape index (κ3) is 4.16. The van der Waals surface area contributed by atoms with Gasteiger partial charge >= 0.3 is 0 Å². The van der Waals surface area contributed by atoms with Crippen molar-refractivity contribution in [3.8, 4) is 0 Å². The zero-order chi connectivity index (χ0) is 15.4. The van der Waals surface area contributed by atoms with Gasteiger partial charge in [-0.15, -0.1) is 0 Å². The van der Waals surface area contributed by atoms with E-state index in [0.29, 0.717) is 27.7 Å². The van der Waals surface area contributed by atoms with Gasteiger partial charge in [-0.3, -0.25) is 0 Å². The quantitative estimate of drug-likeness (QED) is 0.778. The minimum atomic E-state index is -0.619. The molecule has 0 amide bonds. The molecule has 1 atom stereocenters. The first-order valence-electron chi connectivity index (χ1n) is 6.65. The molecule has 0 saturated carbocycles. The van der Waals surface area contributed by atoms with Crippen LogP contribution in [0.1, 0.15) is 30.5 Å². The molecular weight excluding hydrogens is 315 g/mol. The Labute approximate surface area is 132 Å². The molecule has 2 aromatic carbocycles. The van der Waals surface area contributed by atoms with E-state index in [1.54, 1.807) is 18.2 Å². The summed E-state index contributed by atoms with van der Waals surface area (Å²) in [6.45, 7) is 2.70. The number of hydrogen-bond acceptors (Lipinski definition) is 1. The highest BCUT2D eigenvalue weighted by Gasteiger charge is 2.18. The first-order chi connectivity index (χ1) is 10.0. The third-order valence-corrected chi connectivity index (χ3v) is 3.67. The Morgan fingerprint density at radius 3 is 2.33 bits per heavy atom. The maximum Gasteiger partial charge on any atom is 0.126 e. The smallest absolute Gasteiger partial charge is 0.126 e. The summed E-state index contributed by atoms with van der Waals surface area (Å²) >= 11 is 12.2. The summed E-state index contributed by atoms with van der Waals surface area (Å²) in [5, 5.41) is 4.27. The van der Waals surface area contributed by atoms with Crippen molar-refractivity contribution in [2.75, 3.05) is 6.54 Å². The largest absolute Gasteiger partial charge is 0.306 e. The van der Waals surface area contributed by atoms with Gasteiger partial charge in [-0.2, -0.15) is 0 Å². The summed E-state index contributed by atoms with van der Waals surface area (Å²) < 4.78 is 27.0. The second-order valence-corrected chi connectivity index (χ2v) is 5.60. The van der Waals surface area contributed by atoms with Crippen LogP contribution in [0, 0.1) is 11.6 Å². The molecule has 0 radical (unpaired) electrons. The topological polar surface area (TPSA) is 12.0 Å². The van der Waals surface area contributed by atoms with Gasteiger partial charge in [-0.25, -0.2) is 8.78 Å². The maximum absolute atomic E-state index is 13.5. The van der Waals surface area contributed by atoms with E-state index in [0.717, 1.165) is 12.5 Å². The molecule has 1 nitrogen and oxygen atoms in total. The second-order valence-electron chi connectivity index (χ2n) is 4.76. The van der Waals surface area contributed by atoms with E-state index in [1.807, 2.05) is 6.92 Å². The maximum atomic E-state index is 13.5. The van der Waals surface area contributed by atoms with Crippen LogP contribution in [-0.4, -0.2) is 6.54 Å². The van der Waals surface area contributed by atoms with Gasteiger partial charge in [0, 0.05) is 16.1 Å². The lowest BCUT2D eigenvalue weighted by Gasteiger charge is -2.21. The van der Waals surface area contributed by atoms with E-state index in [1.165, 1.54) is 12.1 Å². The Kier molecular flexibility index (Phi) is 5.57. The minimum Gasteiger partial charge on any atom is -0.306 e. The lowest BCUT2D eigenvalue weighted by molar-refractivity contribution is 0.558. The van der Waals surface area contributed by atoms with Gasteiger partial charge in [0.1, 0.15) is 11.6 Å². The van der Waals surface area contributed by atoms with Gasteiger partial charge in [0.25, 0.3) is 0 Å². The molecule has 0 fully saturated rings. The number of benzene rings is 2. The lowest BCUT2D eigenvalue weighted by Crippen LogP contribution is -2.23. The summed E-state index contributed by atoms with van der Waals surface area (Å²) in [5.41, 5.74) is 1.17.